The molecule has 1 aromatic heterocycles. The lowest BCUT2D eigenvalue weighted by atomic mass is 10.0. The van der Waals surface area contributed by atoms with Crippen molar-refractivity contribution in [3.63, 3.8) is 0 Å². The number of likely N-dealkylation sites (N-methyl/N-ethyl adjacent to an activating group) is 1. The van der Waals surface area contributed by atoms with E-state index < -0.39 is 46.4 Å². The average Bonchev–Trinajstić information content (AvgIpc) is 3.16. The van der Waals surface area contributed by atoms with E-state index in [0.29, 0.717) is 19.2 Å². The minimum absolute atomic E-state index is 0.0247. The summed E-state index contributed by atoms with van der Waals surface area (Å²) in [6.45, 7) is 2.28. The average molecular weight is 562 g/mol. The molecule has 2 fully saturated rings. The zero-order chi connectivity index (χ0) is 27.9. The smallest absolute Gasteiger partial charge is 0.395 e. The number of aliphatic hydroxyl groups is 1. The van der Waals surface area contributed by atoms with E-state index in [4.69, 9.17) is 11.6 Å². The summed E-state index contributed by atoms with van der Waals surface area (Å²) < 4.78 is 68.9. The Morgan fingerprint density at radius 1 is 1.24 bits per heavy atom. The van der Waals surface area contributed by atoms with Crippen molar-refractivity contribution in [2.45, 2.75) is 31.6 Å². The normalized spacial score (nSPS) is 20.2. The third kappa shape index (κ3) is 5.27. The highest BCUT2D eigenvalue weighted by molar-refractivity contribution is 6.31. The summed E-state index contributed by atoms with van der Waals surface area (Å²) >= 11 is 5.65. The molecular formula is C24H25ClF5N5O3. The highest BCUT2D eigenvalue weighted by Crippen LogP contribution is 2.35. The number of carbonyl (C=O) groups excluding carboxylic acids is 2. The van der Waals surface area contributed by atoms with Gasteiger partial charge in [-0.25, -0.2) is 18.6 Å². The summed E-state index contributed by atoms with van der Waals surface area (Å²) in [4.78, 5) is 36.0. The molecule has 3 amide bonds. The van der Waals surface area contributed by atoms with Gasteiger partial charge in [-0.3, -0.25) is 14.6 Å². The first-order valence-electron chi connectivity index (χ1n) is 11.7. The van der Waals surface area contributed by atoms with Crippen LogP contribution in [0.15, 0.2) is 24.3 Å². The maximum atomic E-state index is 14.7. The molecule has 0 radical (unpaired) electrons. The molecule has 2 atom stereocenters. The second-order valence-corrected chi connectivity index (χ2v) is 9.60. The van der Waals surface area contributed by atoms with Crippen molar-refractivity contribution in [1.82, 2.24) is 14.8 Å². The predicted octanol–water partition coefficient (Wildman–Crippen LogP) is 3.68. The van der Waals surface area contributed by atoms with Crippen LogP contribution in [0, 0.1) is 18.6 Å². The number of likely N-dealkylation sites (tertiary alicyclic amines) is 1. The molecule has 2 aliphatic rings. The Morgan fingerprint density at radius 3 is 2.55 bits per heavy atom. The Hall–Kier alpha value is -3.03. The van der Waals surface area contributed by atoms with Crippen molar-refractivity contribution in [3.8, 4) is 0 Å². The first-order valence-corrected chi connectivity index (χ1v) is 12.1. The van der Waals surface area contributed by atoms with E-state index in [2.05, 4.69) is 4.98 Å². The van der Waals surface area contributed by atoms with Crippen LogP contribution in [0.1, 0.15) is 17.7 Å². The molecule has 0 bridgehead atoms. The molecule has 0 aliphatic carbocycles. The lowest BCUT2D eigenvalue weighted by Crippen LogP contribution is -2.52. The van der Waals surface area contributed by atoms with Gasteiger partial charge in [-0.05, 0) is 37.6 Å². The van der Waals surface area contributed by atoms with Gasteiger partial charge in [0.15, 0.2) is 5.82 Å². The molecule has 2 saturated heterocycles. The van der Waals surface area contributed by atoms with Crippen LogP contribution in [0.3, 0.4) is 0 Å². The summed E-state index contributed by atoms with van der Waals surface area (Å²) in [7, 11) is 1.19. The van der Waals surface area contributed by atoms with Crippen molar-refractivity contribution >= 4 is 35.0 Å². The molecule has 14 heteroatoms. The fourth-order valence-corrected chi connectivity index (χ4v) is 4.75. The first kappa shape index (κ1) is 28.0. The minimum Gasteiger partial charge on any atom is -0.395 e. The standard InChI is InChI=1S/C24H25ClF5N5O3/c1-13-9-14(24(28,29)30)10-19(31-13)35-18(11-34(23(35)38)8-7-33-6-5-15(33)12-36)22(37)32(2)17-4-3-16(26)20(25)21(17)27/h3-4,9-10,15,18,36H,5-8,11-12H2,1-2H3/t15?,18-/m0/s1. The Morgan fingerprint density at radius 2 is 1.95 bits per heavy atom. The quantitative estimate of drug-likeness (QED) is 0.412. The third-order valence-electron chi connectivity index (χ3n) is 6.82. The second-order valence-electron chi connectivity index (χ2n) is 9.22. The van der Waals surface area contributed by atoms with E-state index in [1.807, 2.05) is 4.90 Å². The summed E-state index contributed by atoms with van der Waals surface area (Å²) in [6, 6.07) is 1.21. The van der Waals surface area contributed by atoms with Crippen molar-refractivity contribution < 1.29 is 36.6 Å². The minimum atomic E-state index is -4.73. The number of hydrogen-bond donors (Lipinski definition) is 1. The molecular weight excluding hydrogens is 537 g/mol. The van der Waals surface area contributed by atoms with Gasteiger partial charge in [0.2, 0.25) is 0 Å². The van der Waals surface area contributed by atoms with E-state index in [-0.39, 0.29) is 42.9 Å². The molecule has 4 rings (SSSR count). The first-order chi connectivity index (χ1) is 17.8. The Kier molecular flexibility index (Phi) is 7.82. The van der Waals surface area contributed by atoms with E-state index in [0.717, 1.165) is 34.4 Å². The van der Waals surface area contributed by atoms with Gasteiger partial charge in [0.25, 0.3) is 5.91 Å². The fourth-order valence-electron chi connectivity index (χ4n) is 4.59. The van der Waals surface area contributed by atoms with Crippen LogP contribution in [0.5, 0.6) is 0 Å². The number of nitrogens with zero attached hydrogens (tertiary/aromatic N) is 5. The number of aliphatic hydroxyl groups excluding tert-OH is 1. The number of pyridine rings is 1. The van der Waals surface area contributed by atoms with Gasteiger partial charge >= 0.3 is 12.2 Å². The monoisotopic (exact) mass is 561 g/mol. The molecule has 3 heterocycles. The maximum absolute atomic E-state index is 14.7. The van der Waals surface area contributed by atoms with Gasteiger partial charge in [0.1, 0.15) is 22.7 Å². The molecule has 1 aromatic carbocycles. The molecule has 38 heavy (non-hydrogen) atoms. The number of halogens is 6. The van der Waals surface area contributed by atoms with E-state index >= 15 is 0 Å². The topological polar surface area (TPSA) is 80.2 Å². The van der Waals surface area contributed by atoms with Gasteiger partial charge in [-0.15, -0.1) is 0 Å². The molecule has 1 N–H and O–H groups in total. The molecule has 2 aliphatic heterocycles. The third-order valence-corrected chi connectivity index (χ3v) is 7.17. The highest BCUT2D eigenvalue weighted by atomic mass is 35.5. The lowest BCUT2D eigenvalue weighted by molar-refractivity contribution is -0.137. The van der Waals surface area contributed by atoms with Crippen LogP contribution in [0.2, 0.25) is 5.02 Å². The van der Waals surface area contributed by atoms with E-state index in [9.17, 15) is 36.6 Å². The SMILES string of the molecule is Cc1cc(C(F)(F)F)cc(N2C(=O)N(CCN3CCC3CO)C[C@H]2C(=O)N(C)c2ccc(F)c(Cl)c2F)n1. The Bertz CT molecular complexity index is 1240. The number of aromatic nitrogens is 1. The van der Waals surface area contributed by atoms with Crippen LogP contribution in [0.25, 0.3) is 0 Å². The van der Waals surface area contributed by atoms with Gasteiger partial charge < -0.3 is 14.9 Å². The molecule has 206 valence electrons. The van der Waals surface area contributed by atoms with Gasteiger partial charge in [-0.2, -0.15) is 13.2 Å². The summed E-state index contributed by atoms with van der Waals surface area (Å²) in [6.07, 6.45) is -3.94. The van der Waals surface area contributed by atoms with Crippen molar-refractivity contribution in [3.05, 3.63) is 52.2 Å². The van der Waals surface area contributed by atoms with Crippen molar-refractivity contribution in [2.24, 2.45) is 0 Å². The number of benzene rings is 1. The number of alkyl halides is 3. The van der Waals surface area contributed by atoms with Gasteiger partial charge in [-0.1, -0.05) is 11.6 Å². The number of carbonyl (C=O) groups is 2. The van der Waals surface area contributed by atoms with Crippen molar-refractivity contribution in [2.75, 3.05) is 49.6 Å². The summed E-state index contributed by atoms with van der Waals surface area (Å²) in [5.41, 5.74) is -1.44. The zero-order valence-corrected chi connectivity index (χ0v) is 21.2. The summed E-state index contributed by atoms with van der Waals surface area (Å²) in [5, 5.41) is 8.58. The van der Waals surface area contributed by atoms with Gasteiger partial charge in [0.05, 0.1) is 24.4 Å². The number of anilines is 2. The van der Waals surface area contributed by atoms with E-state index in [1.165, 1.54) is 18.9 Å². The van der Waals surface area contributed by atoms with Crippen LogP contribution >= 0.6 is 11.6 Å². The number of hydrogen-bond acceptors (Lipinski definition) is 5. The molecule has 0 saturated carbocycles. The molecule has 2 aromatic rings. The molecule has 0 spiro atoms. The zero-order valence-electron chi connectivity index (χ0n) is 20.5. The number of urea groups is 1. The lowest BCUT2D eigenvalue weighted by Gasteiger charge is -2.40. The summed E-state index contributed by atoms with van der Waals surface area (Å²) in [5.74, 6) is -3.45. The molecule has 8 nitrogen and oxygen atoms in total. The Labute approximate surface area is 220 Å². The number of rotatable bonds is 7. The van der Waals surface area contributed by atoms with Crippen molar-refractivity contribution in [1.29, 1.82) is 0 Å². The van der Waals surface area contributed by atoms with Crippen LogP contribution in [0.4, 0.5) is 38.3 Å². The number of amides is 3. The largest absolute Gasteiger partial charge is 0.416 e. The van der Waals surface area contributed by atoms with Crippen LogP contribution < -0.4 is 9.80 Å². The predicted molar refractivity (Wildman–Crippen MR) is 129 cm³/mol. The van der Waals surface area contributed by atoms with E-state index in [1.54, 1.807) is 0 Å². The van der Waals surface area contributed by atoms with Crippen LogP contribution in [-0.4, -0.2) is 83.7 Å². The van der Waals surface area contributed by atoms with Gasteiger partial charge in [0, 0.05) is 38.4 Å². The number of aryl methyl sites for hydroxylation is 1. The van der Waals surface area contributed by atoms with Crippen LogP contribution in [-0.2, 0) is 11.0 Å². The fraction of sp³-hybridized carbons (Fsp3) is 0.458. The second kappa shape index (κ2) is 10.6. The Balaban J connectivity index is 1.68. The highest BCUT2D eigenvalue weighted by Gasteiger charge is 2.46. The maximum Gasteiger partial charge on any atom is 0.416 e. The molecule has 1 unspecified atom stereocenters.